The van der Waals surface area contributed by atoms with Crippen LogP contribution >= 0.6 is 24.0 Å². The number of guanidine groups is 1. The Hall–Kier alpha value is -1.91. The summed E-state index contributed by atoms with van der Waals surface area (Å²) in [4.78, 5) is 22.0. The maximum absolute atomic E-state index is 4.74. The van der Waals surface area contributed by atoms with E-state index in [1.54, 1.807) is 18.6 Å². The van der Waals surface area contributed by atoms with Crippen LogP contribution in [0.25, 0.3) is 0 Å². The van der Waals surface area contributed by atoms with Gasteiger partial charge in [0.15, 0.2) is 5.96 Å². The summed E-state index contributed by atoms with van der Waals surface area (Å²) in [7, 11) is 0. The SMILES string of the molecule is CCNC(=NCCn1ccnc1)N1CCN(c2ncccn2)CC1.I. The molecule has 9 heteroatoms. The molecule has 1 N–H and O–H groups in total. The molecule has 136 valence electrons. The molecule has 0 aromatic carbocycles. The summed E-state index contributed by atoms with van der Waals surface area (Å²) in [5.41, 5.74) is 0. The molecule has 0 bridgehead atoms. The maximum atomic E-state index is 4.74. The van der Waals surface area contributed by atoms with Crippen molar-refractivity contribution in [1.82, 2.24) is 29.7 Å². The molecule has 1 fully saturated rings. The van der Waals surface area contributed by atoms with Crippen LogP contribution in [-0.4, -0.2) is 69.6 Å². The molecule has 0 radical (unpaired) electrons. The van der Waals surface area contributed by atoms with Crippen molar-refractivity contribution in [2.45, 2.75) is 13.5 Å². The first-order valence-electron chi connectivity index (χ1n) is 8.38. The summed E-state index contributed by atoms with van der Waals surface area (Å²) >= 11 is 0. The lowest BCUT2D eigenvalue weighted by Crippen LogP contribution is -2.53. The number of halogens is 1. The Morgan fingerprint density at radius 2 is 1.92 bits per heavy atom. The fourth-order valence-corrected chi connectivity index (χ4v) is 2.69. The van der Waals surface area contributed by atoms with E-state index in [1.807, 2.05) is 23.2 Å². The molecule has 1 aliphatic heterocycles. The van der Waals surface area contributed by atoms with E-state index in [1.165, 1.54) is 0 Å². The largest absolute Gasteiger partial charge is 0.357 e. The van der Waals surface area contributed by atoms with Gasteiger partial charge in [-0.1, -0.05) is 0 Å². The number of rotatable bonds is 5. The third-order valence-electron chi connectivity index (χ3n) is 3.93. The zero-order chi connectivity index (χ0) is 16.6. The van der Waals surface area contributed by atoms with Gasteiger partial charge in [-0.2, -0.15) is 0 Å². The minimum atomic E-state index is 0. The van der Waals surface area contributed by atoms with E-state index < -0.39 is 0 Å². The number of nitrogens with one attached hydrogen (secondary N) is 1. The number of hydrogen-bond donors (Lipinski definition) is 1. The molecule has 0 saturated carbocycles. The molecule has 3 heterocycles. The van der Waals surface area contributed by atoms with E-state index in [4.69, 9.17) is 4.99 Å². The molecular formula is C16H25IN8. The van der Waals surface area contributed by atoms with Gasteiger partial charge in [0.1, 0.15) is 0 Å². The number of hydrogen-bond acceptors (Lipinski definition) is 5. The van der Waals surface area contributed by atoms with Crippen LogP contribution < -0.4 is 10.2 Å². The van der Waals surface area contributed by atoms with Gasteiger partial charge in [-0.05, 0) is 13.0 Å². The normalized spacial score (nSPS) is 15.0. The Kier molecular flexibility index (Phi) is 7.89. The smallest absolute Gasteiger partial charge is 0.225 e. The molecule has 0 atom stereocenters. The summed E-state index contributed by atoms with van der Waals surface area (Å²) in [5.74, 6) is 1.78. The monoisotopic (exact) mass is 456 g/mol. The Balaban J connectivity index is 0.00000225. The van der Waals surface area contributed by atoms with Gasteiger partial charge in [0, 0.05) is 64.1 Å². The fraction of sp³-hybridized carbons (Fsp3) is 0.500. The highest BCUT2D eigenvalue weighted by molar-refractivity contribution is 14.0. The second-order valence-corrected chi connectivity index (χ2v) is 5.56. The van der Waals surface area contributed by atoms with Crippen molar-refractivity contribution in [3.8, 4) is 0 Å². The highest BCUT2D eigenvalue weighted by atomic mass is 127. The van der Waals surface area contributed by atoms with Gasteiger partial charge in [0.25, 0.3) is 0 Å². The third-order valence-corrected chi connectivity index (χ3v) is 3.93. The molecule has 8 nitrogen and oxygen atoms in total. The van der Waals surface area contributed by atoms with E-state index in [-0.39, 0.29) is 24.0 Å². The number of piperazine rings is 1. The molecule has 1 saturated heterocycles. The zero-order valence-electron chi connectivity index (χ0n) is 14.5. The molecule has 1 aliphatic rings. The van der Waals surface area contributed by atoms with Gasteiger partial charge in [-0.15, -0.1) is 24.0 Å². The van der Waals surface area contributed by atoms with Gasteiger partial charge in [0.2, 0.25) is 5.95 Å². The Morgan fingerprint density at radius 3 is 2.56 bits per heavy atom. The molecular weight excluding hydrogens is 431 g/mol. The summed E-state index contributed by atoms with van der Waals surface area (Å²) in [5, 5.41) is 3.39. The Labute approximate surface area is 165 Å². The summed E-state index contributed by atoms with van der Waals surface area (Å²) in [6.07, 6.45) is 9.15. The third kappa shape index (κ3) is 5.55. The number of imidazole rings is 1. The number of nitrogens with zero attached hydrogens (tertiary/aromatic N) is 7. The van der Waals surface area contributed by atoms with Crippen LogP contribution in [-0.2, 0) is 6.54 Å². The Bertz CT molecular complexity index is 623. The van der Waals surface area contributed by atoms with Gasteiger partial charge in [-0.25, -0.2) is 15.0 Å². The molecule has 0 unspecified atom stereocenters. The predicted octanol–water partition coefficient (Wildman–Crippen LogP) is 1.08. The predicted molar refractivity (Wildman–Crippen MR) is 109 cm³/mol. The molecule has 25 heavy (non-hydrogen) atoms. The van der Waals surface area contributed by atoms with Crippen molar-refractivity contribution >= 4 is 35.9 Å². The van der Waals surface area contributed by atoms with Crippen molar-refractivity contribution < 1.29 is 0 Å². The molecule has 0 aliphatic carbocycles. The van der Waals surface area contributed by atoms with Crippen LogP contribution in [0.15, 0.2) is 42.2 Å². The van der Waals surface area contributed by atoms with Crippen LogP contribution in [0.1, 0.15) is 6.92 Å². The minimum Gasteiger partial charge on any atom is -0.357 e. The van der Waals surface area contributed by atoms with Gasteiger partial charge >= 0.3 is 0 Å². The topological polar surface area (TPSA) is 74.5 Å². The average molecular weight is 456 g/mol. The van der Waals surface area contributed by atoms with Crippen molar-refractivity contribution in [2.75, 3.05) is 44.2 Å². The van der Waals surface area contributed by atoms with E-state index in [0.717, 1.165) is 57.7 Å². The van der Waals surface area contributed by atoms with Gasteiger partial charge < -0.3 is 19.7 Å². The number of aromatic nitrogens is 4. The van der Waals surface area contributed by atoms with Crippen molar-refractivity contribution in [1.29, 1.82) is 0 Å². The standard InChI is InChI=1S/C16H24N8.HI/c1-2-18-15(21-7-9-22-8-6-17-14-22)23-10-12-24(13-11-23)16-19-4-3-5-20-16;/h3-6,8,14H,2,7,9-13H2,1H3,(H,18,21);1H. The van der Waals surface area contributed by atoms with E-state index in [0.29, 0.717) is 0 Å². The lowest BCUT2D eigenvalue weighted by Gasteiger charge is -2.36. The molecule has 0 spiro atoms. The lowest BCUT2D eigenvalue weighted by atomic mass is 10.3. The van der Waals surface area contributed by atoms with E-state index in [2.05, 4.69) is 37.0 Å². The van der Waals surface area contributed by atoms with Crippen LogP contribution in [0.3, 0.4) is 0 Å². The maximum Gasteiger partial charge on any atom is 0.225 e. The molecule has 2 aromatic heterocycles. The second-order valence-electron chi connectivity index (χ2n) is 5.56. The lowest BCUT2D eigenvalue weighted by molar-refractivity contribution is 0.370. The summed E-state index contributed by atoms with van der Waals surface area (Å²) in [6, 6.07) is 1.84. The van der Waals surface area contributed by atoms with Crippen LogP contribution in [0.4, 0.5) is 5.95 Å². The summed E-state index contributed by atoms with van der Waals surface area (Å²) in [6.45, 7) is 8.16. The summed E-state index contributed by atoms with van der Waals surface area (Å²) < 4.78 is 2.04. The zero-order valence-corrected chi connectivity index (χ0v) is 16.8. The first-order valence-corrected chi connectivity index (χ1v) is 8.38. The first-order chi connectivity index (χ1) is 11.9. The van der Waals surface area contributed by atoms with Gasteiger partial charge in [0.05, 0.1) is 12.9 Å². The highest BCUT2D eigenvalue weighted by Gasteiger charge is 2.20. The molecule has 0 amide bonds. The minimum absolute atomic E-state index is 0. The van der Waals surface area contributed by atoms with E-state index in [9.17, 15) is 0 Å². The van der Waals surface area contributed by atoms with Crippen molar-refractivity contribution in [3.05, 3.63) is 37.2 Å². The highest BCUT2D eigenvalue weighted by Crippen LogP contribution is 2.09. The number of anilines is 1. The number of aliphatic imine (C=N–C) groups is 1. The van der Waals surface area contributed by atoms with Gasteiger partial charge in [-0.3, -0.25) is 4.99 Å². The molecule has 2 aromatic rings. The fourth-order valence-electron chi connectivity index (χ4n) is 2.69. The van der Waals surface area contributed by atoms with Crippen molar-refractivity contribution in [2.24, 2.45) is 4.99 Å². The quantitative estimate of drug-likeness (QED) is 0.413. The van der Waals surface area contributed by atoms with Crippen LogP contribution in [0.5, 0.6) is 0 Å². The average Bonchev–Trinajstić information content (AvgIpc) is 3.15. The Morgan fingerprint density at radius 1 is 1.16 bits per heavy atom. The van der Waals surface area contributed by atoms with Crippen molar-refractivity contribution in [3.63, 3.8) is 0 Å². The molecule has 3 rings (SSSR count). The van der Waals surface area contributed by atoms with E-state index >= 15 is 0 Å². The first kappa shape index (κ1) is 19.4. The van der Waals surface area contributed by atoms with Crippen LogP contribution in [0, 0.1) is 0 Å². The van der Waals surface area contributed by atoms with Crippen LogP contribution in [0.2, 0.25) is 0 Å². The second kappa shape index (κ2) is 10.2.